The fourth-order valence-electron chi connectivity index (χ4n) is 1.87. The molecule has 0 amide bonds. The number of fused-ring (bicyclic) bond motifs is 1. The Hall–Kier alpha value is -1.69. The van der Waals surface area contributed by atoms with Gasteiger partial charge in [0.05, 0.1) is 22.9 Å². The molecule has 2 aromatic rings. The maximum absolute atomic E-state index is 11.9. The van der Waals surface area contributed by atoms with E-state index in [1.54, 1.807) is 6.20 Å². The van der Waals surface area contributed by atoms with Gasteiger partial charge in [-0.2, -0.15) is 13.2 Å². The van der Waals surface area contributed by atoms with Crippen molar-refractivity contribution < 1.29 is 13.2 Å². The van der Waals surface area contributed by atoms with Gasteiger partial charge in [0.2, 0.25) is 0 Å². The van der Waals surface area contributed by atoms with Crippen LogP contribution in [0, 0.1) is 0 Å². The number of unbranched alkanes of at least 4 members (excludes halogenated alkanes) is 1. The summed E-state index contributed by atoms with van der Waals surface area (Å²) in [5, 5.41) is 3.08. The number of benzene rings is 1. The molecule has 0 saturated heterocycles. The Morgan fingerprint density at radius 1 is 1.05 bits per heavy atom. The molecule has 0 atom stereocenters. The summed E-state index contributed by atoms with van der Waals surface area (Å²) in [6, 6.07) is 7.56. The molecule has 108 valence electrons. The standard InChI is InChI=1S/C14H16F3N3/c15-14(16,17)7-3-4-8-18-9-11-10-19-12-5-1-2-6-13(12)20-11/h1-2,5-6,10,18H,3-4,7-9H2. The average Bonchev–Trinajstić information content (AvgIpc) is 2.41. The summed E-state index contributed by atoms with van der Waals surface area (Å²) < 4.78 is 35.8. The molecule has 0 radical (unpaired) electrons. The van der Waals surface area contributed by atoms with Gasteiger partial charge in [0.25, 0.3) is 0 Å². The number of para-hydroxylation sites is 2. The van der Waals surface area contributed by atoms with E-state index in [-0.39, 0.29) is 6.42 Å². The second-order valence-electron chi connectivity index (χ2n) is 4.60. The third-order valence-electron chi connectivity index (χ3n) is 2.87. The molecule has 0 aliphatic carbocycles. The second-order valence-corrected chi connectivity index (χ2v) is 4.60. The summed E-state index contributed by atoms with van der Waals surface area (Å²) in [7, 11) is 0. The van der Waals surface area contributed by atoms with E-state index in [0.29, 0.717) is 19.5 Å². The number of halogens is 3. The molecular formula is C14H16F3N3. The van der Waals surface area contributed by atoms with E-state index >= 15 is 0 Å². The molecule has 20 heavy (non-hydrogen) atoms. The van der Waals surface area contributed by atoms with E-state index in [0.717, 1.165) is 16.7 Å². The van der Waals surface area contributed by atoms with Crippen molar-refractivity contribution in [2.45, 2.75) is 32.0 Å². The molecule has 0 saturated carbocycles. The molecule has 0 bridgehead atoms. The first-order valence-electron chi connectivity index (χ1n) is 6.53. The zero-order valence-corrected chi connectivity index (χ0v) is 11.0. The van der Waals surface area contributed by atoms with Crippen LogP contribution in [0.25, 0.3) is 11.0 Å². The fraction of sp³-hybridized carbons (Fsp3) is 0.429. The van der Waals surface area contributed by atoms with Gasteiger partial charge in [-0.15, -0.1) is 0 Å². The summed E-state index contributed by atoms with van der Waals surface area (Å²) >= 11 is 0. The smallest absolute Gasteiger partial charge is 0.311 e. The number of aromatic nitrogens is 2. The van der Waals surface area contributed by atoms with E-state index in [4.69, 9.17) is 0 Å². The van der Waals surface area contributed by atoms with Crippen molar-refractivity contribution >= 4 is 11.0 Å². The van der Waals surface area contributed by atoms with Crippen LogP contribution in [0.4, 0.5) is 13.2 Å². The largest absolute Gasteiger partial charge is 0.389 e. The van der Waals surface area contributed by atoms with Crippen molar-refractivity contribution in [2.75, 3.05) is 6.54 Å². The zero-order valence-electron chi connectivity index (χ0n) is 11.0. The maximum atomic E-state index is 11.9. The molecule has 3 nitrogen and oxygen atoms in total. The predicted octanol–water partition coefficient (Wildman–Crippen LogP) is 3.45. The van der Waals surface area contributed by atoms with Gasteiger partial charge in [-0.25, -0.2) is 4.98 Å². The normalized spacial score (nSPS) is 11.9. The minimum atomic E-state index is -4.05. The Kier molecular flexibility index (Phi) is 4.89. The predicted molar refractivity (Wildman–Crippen MR) is 71.2 cm³/mol. The van der Waals surface area contributed by atoms with Gasteiger partial charge in [-0.05, 0) is 31.5 Å². The van der Waals surface area contributed by atoms with Gasteiger partial charge < -0.3 is 5.32 Å². The Balaban J connectivity index is 1.73. The average molecular weight is 283 g/mol. The molecule has 0 fully saturated rings. The summed E-state index contributed by atoms with van der Waals surface area (Å²) in [4.78, 5) is 8.70. The van der Waals surface area contributed by atoms with Crippen LogP contribution >= 0.6 is 0 Å². The van der Waals surface area contributed by atoms with Crippen molar-refractivity contribution in [3.63, 3.8) is 0 Å². The highest BCUT2D eigenvalue weighted by atomic mass is 19.4. The van der Waals surface area contributed by atoms with Crippen LogP contribution in [0.1, 0.15) is 25.0 Å². The Morgan fingerprint density at radius 2 is 1.80 bits per heavy atom. The maximum Gasteiger partial charge on any atom is 0.389 e. The van der Waals surface area contributed by atoms with Gasteiger partial charge >= 0.3 is 6.18 Å². The molecular weight excluding hydrogens is 267 g/mol. The van der Waals surface area contributed by atoms with Crippen LogP contribution in [0.15, 0.2) is 30.5 Å². The van der Waals surface area contributed by atoms with Crippen LogP contribution in [0.5, 0.6) is 0 Å². The van der Waals surface area contributed by atoms with Crippen molar-refractivity contribution in [1.29, 1.82) is 0 Å². The highest BCUT2D eigenvalue weighted by Gasteiger charge is 2.25. The van der Waals surface area contributed by atoms with Crippen LogP contribution in [0.3, 0.4) is 0 Å². The van der Waals surface area contributed by atoms with Crippen LogP contribution < -0.4 is 5.32 Å². The molecule has 1 aromatic carbocycles. The monoisotopic (exact) mass is 283 g/mol. The Bertz CT molecular complexity index is 555. The molecule has 0 aliphatic heterocycles. The third kappa shape index (κ3) is 4.77. The second kappa shape index (κ2) is 6.65. The van der Waals surface area contributed by atoms with Crippen molar-refractivity contribution in [1.82, 2.24) is 15.3 Å². The molecule has 2 rings (SSSR count). The number of rotatable bonds is 6. The van der Waals surface area contributed by atoms with Crippen molar-refractivity contribution in [3.8, 4) is 0 Å². The van der Waals surface area contributed by atoms with Crippen LogP contribution in [0.2, 0.25) is 0 Å². The van der Waals surface area contributed by atoms with Gasteiger partial charge in [0.15, 0.2) is 0 Å². The number of hydrogen-bond acceptors (Lipinski definition) is 3. The number of nitrogens with one attached hydrogen (secondary N) is 1. The van der Waals surface area contributed by atoms with Gasteiger partial charge in [0.1, 0.15) is 0 Å². The zero-order chi connectivity index (χ0) is 14.4. The first-order valence-corrected chi connectivity index (χ1v) is 6.53. The lowest BCUT2D eigenvalue weighted by Crippen LogP contribution is -2.16. The molecule has 0 spiro atoms. The first kappa shape index (κ1) is 14.7. The quantitative estimate of drug-likeness (QED) is 0.825. The van der Waals surface area contributed by atoms with Gasteiger partial charge in [-0.3, -0.25) is 4.98 Å². The van der Waals surface area contributed by atoms with E-state index < -0.39 is 12.6 Å². The van der Waals surface area contributed by atoms with Crippen molar-refractivity contribution in [3.05, 3.63) is 36.2 Å². The minimum absolute atomic E-state index is 0.153. The van der Waals surface area contributed by atoms with E-state index in [2.05, 4.69) is 15.3 Å². The summed E-state index contributed by atoms with van der Waals surface area (Å²) in [5.74, 6) is 0. The molecule has 0 aliphatic rings. The van der Waals surface area contributed by atoms with E-state index in [9.17, 15) is 13.2 Å². The molecule has 1 heterocycles. The van der Waals surface area contributed by atoms with E-state index in [1.807, 2.05) is 24.3 Å². The lowest BCUT2D eigenvalue weighted by molar-refractivity contribution is -0.135. The molecule has 0 unspecified atom stereocenters. The summed E-state index contributed by atoms with van der Waals surface area (Å²) in [5.41, 5.74) is 2.45. The Morgan fingerprint density at radius 3 is 2.55 bits per heavy atom. The van der Waals surface area contributed by atoms with E-state index in [1.165, 1.54) is 0 Å². The van der Waals surface area contributed by atoms with Gasteiger partial charge in [0, 0.05) is 13.0 Å². The van der Waals surface area contributed by atoms with Crippen LogP contribution in [-0.2, 0) is 6.54 Å². The topological polar surface area (TPSA) is 37.8 Å². The molecule has 1 aromatic heterocycles. The fourth-order valence-corrected chi connectivity index (χ4v) is 1.87. The third-order valence-corrected chi connectivity index (χ3v) is 2.87. The Labute approximate surface area is 115 Å². The number of hydrogen-bond donors (Lipinski definition) is 1. The SMILES string of the molecule is FC(F)(F)CCCCNCc1cnc2ccccc2n1. The lowest BCUT2D eigenvalue weighted by atomic mass is 10.2. The number of alkyl halides is 3. The van der Waals surface area contributed by atoms with Crippen LogP contribution in [-0.4, -0.2) is 22.7 Å². The summed E-state index contributed by atoms with van der Waals surface area (Å²) in [6.07, 6.45) is -2.43. The highest BCUT2D eigenvalue weighted by molar-refractivity contribution is 5.73. The lowest BCUT2D eigenvalue weighted by Gasteiger charge is -2.07. The molecule has 6 heteroatoms. The highest BCUT2D eigenvalue weighted by Crippen LogP contribution is 2.21. The summed E-state index contributed by atoms with van der Waals surface area (Å²) in [6.45, 7) is 1.06. The first-order chi connectivity index (χ1) is 9.54. The molecule has 1 N–H and O–H groups in total. The van der Waals surface area contributed by atoms with Crippen molar-refractivity contribution in [2.24, 2.45) is 0 Å². The minimum Gasteiger partial charge on any atom is -0.311 e. The van der Waals surface area contributed by atoms with Gasteiger partial charge in [-0.1, -0.05) is 12.1 Å². The number of nitrogens with zero attached hydrogens (tertiary/aromatic N) is 2.